The van der Waals surface area contributed by atoms with E-state index < -0.39 is 16.1 Å². The van der Waals surface area contributed by atoms with Crippen molar-refractivity contribution in [2.75, 3.05) is 42.7 Å². The molecule has 0 saturated heterocycles. The molecule has 0 radical (unpaired) electrons. The largest absolute Gasteiger partial charge is 0.384 e. The first-order chi connectivity index (χ1) is 18.0. The van der Waals surface area contributed by atoms with Crippen LogP contribution in [0, 0.1) is 0 Å². The smallest absolute Gasteiger partial charge is 0.333 e. The van der Waals surface area contributed by atoms with Gasteiger partial charge in [-0.1, -0.05) is 17.7 Å². The Labute approximate surface area is 229 Å². The Balaban J connectivity index is 1.45. The molecule has 0 aliphatic carbocycles. The molecular weight excluding hydrogens is 550 g/mol. The fourth-order valence-electron chi connectivity index (χ4n) is 3.65. The maximum atomic E-state index is 13.1. The van der Waals surface area contributed by atoms with Crippen LogP contribution >= 0.6 is 22.9 Å². The fourth-order valence-corrected chi connectivity index (χ4v) is 6.04. The summed E-state index contributed by atoms with van der Waals surface area (Å²) in [6.45, 7) is 3.38. The first-order valence-corrected chi connectivity index (χ1v) is 14.1. The minimum atomic E-state index is -4.06. The predicted molar refractivity (Wildman–Crippen MR) is 150 cm³/mol. The van der Waals surface area contributed by atoms with Crippen LogP contribution in [0.4, 0.5) is 27.7 Å². The topological polar surface area (TPSA) is 136 Å². The molecule has 38 heavy (non-hydrogen) atoms. The molecule has 0 spiro atoms. The van der Waals surface area contributed by atoms with Gasteiger partial charge in [0, 0.05) is 18.8 Å². The summed E-state index contributed by atoms with van der Waals surface area (Å²) in [7, 11) is -0.0540. The number of benzene rings is 1. The zero-order valence-corrected chi connectivity index (χ0v) is 23.2. The number of halogens is 1. The first kappa shape index (κ1) is 27.5. The second-order valence-electron chi connectivity index (χ2n) is 8.66. The lowest BCUT2D eigenvalue weighted by Crippen LogP contribution is -2.36. The number of urea groups is 1. The van der Waals surface area contributed by atoms with E-state index in [1.807, 2.05) is 37.0 Å². The van der Waals surface area contributed by atoms with Crippen molar-refractivity contribution in [2.45, 2.75) is 17.6 Å². The standard InChI is InChI=1S/C24H26ClN7O4S2/c1-15-28-19-13-17(26-10-11-31(2)3)5-4-16(19)12-22(33)32(15)21-8-6-18(14-27-21)29-24(34)30-38(35,36)23-9-7-20(25)37-23/h4-9,13-14,26H,10-12H2,1-3H3,(H2,29,30,34). The Morgan fingerprint density at radius 1 is 1.16 bits per heavy atom. The van der Waals surface area contributed by atoms with Crippen molar-refractivity contribution in [1.29, 1.82) is 0 Å². The third-order valence-electron chi connectivity index (χ3n) is 5.45. The number of aromatic nitrogens is 1. The Morgan fingerprint density at radius 3 is 2.58 bits per heavy atom. The summed E-state index contributed by atoms with van der Waals surface area (Å²) in [6.07, 6.45) is 1.47. The van der Waals surface area contributed by atoms with Gasteiger partial charge in [-0.3, -0.25) is 9.69 Å². The number of hydrogen-bond acceptors (Lipinski definition) is 9. The van der Waals surface area contributed by atoms with Crippen molar-refractivity contribution < 1.29 is 18.0 Å². The number of fused-ring (bicyclic) bond motifs is 1. The molecule has 1 aliphatic heterocycles. The Bertz CT molecular complexity index is 1490. The van der Waals surface area contributed by atoms with E-state index in [1.165, 1.54) is 29.3 Å². The quantitative estimate of drug-likeness (QED) is 0.370. The highest BCUT2D eigenvalue weighted by atomic mass is 35.5. The first-order valence-electron chi connectivity index (χ1n) is 11.5. The van der Waals surface area contributed by atoms with Gasteiger partial charge in [0.25, 0.3) is 10.0 Å². The van der Waals surface area contributed by atoms with Gasteiger partial charge in [-0.2, -0.15) is 0 Å². The lowest BCUT2D eigenvalue weighted by molar-refractivity contribution is -0.117. The van der Waals surface area contributed by atoms with Gasteiger partial charge < -0.3 is 15.5 Å². The zero-order valence-electron chi connectivity index (χ0n) is 20.9. The molecule has 0 bridgehead atoms. The molecule has 3 heterocycles. The van der Waals surface area contributed by atoms with E-state index >= 15 is 0 Å². The van der Waals surface area contributed by atoms with Gasteiger partial charge in [0.15, 0.2) is 0 Å². The number of nitrogens with zero attached hydrogens (tertiary/aromatic N) is 4. The summed E-state index contributed by atoms with van der Waals surface area (Å²) in [4.78, 5) is 37.8. The normalized spacial score (nSPS) is 13.6. The second kappa shape index (κ2) is 11.5. The number of carbonyl (C=O) groups is 2. The number of pyridine rings is 1. The number of amides is 3. The van der Waals surface area contributed by atoms with E-state index in [0.717, 1.165) is 35.7 Å². The van der Waals surface area contributed by atoms with Crippen LogP contribution in [0.2, 0.25) is 4.34 Å². The fraction of sp³-hybridized carbons (Fsp3) is 0.250. The minimum absolute atomic E-state index is 0.0852. The average Bonchev–Trinajstić information content (AvgIpc) is 3.23. The van der Waals surface area contributed by atoms with Crippen molar-refractivity contribution in [3.63, 3.8) is 0 Å². The monoisotopic (exact) mass is 575 g/mol. The van der Waals surface area contributed by atoms with Crippen molar-refractivity contribution in [2.24, 2.45) is 4.99 Å². The van der Waals surface area contributed by atoms with E-state index in [4.69, 9.17) is 11.6 Å². The second-order valence-corrected chi connectivity index (χ2v) is 12.3. The summed E-state index contributed by atoms with van der Waals surface area (Å²) in [5.41, 5.74) is 2.66. The molecule has 3 N–H and O–H groups in total. The summed E-state index contributed by atoms with van der Waals surface area (Å²) in [5, 5.41) is 5.78. The van der Waals surface area contributed by atoms with Crippen LogP contribution < -0.4 is 20.3 Å². The average molecular weight is 576 g/mol. The summed E-state index contributed by atoms with van der Waals surface area (Å²) in [6, 6.07) is 10.6. The van der Waals surface area contributed by atoms with E-state index in [2.05, 4.69) is 25.5 Å². The number of likely N-dealkylation sites (N-methyl/N-ethyl adjacent to an activating group) is 1. The molecule has 4 rings (SSSR count). The molecule has 1 aliphatic rings. The van der Waals surface area contributed by atoms with Crippen LogP contribution in [0.15, 0.2) is 57.9 Å². The summed E-state index contributed by atoms with van der Waals surface area (Å²) in [5.74, 6) is 0.566. The Morgan fingerprint density at radius 2 is 1.92 bits per heavy atom. The number of thiophene rings is 1. The molecule has 200 valence electrons. The van der Waals surface area contributed by atoms with Crippen molar-refractivity contribution in [3.05, 3.63) is 58.6 Å². The predicted octanol–water partition coefficient (Wildman–Crippen LogP) is 3.92. The van der Waals surface area contributed by atoms with Gasteiger partial charge in [0.2, 0.25) is 5.91 Å². The Kier molecular flexibility index (Phi) is 8.31. The molecule has 0 unspecified atom stereocenters. The van der Waals surface area contributed by atoms with Gasteiger partial charge in [-0.15, -0.1) is 11.3 Å². The molecule has 14 heteroatoms. The zero-order chi connectivity index (χ0) is 27.4. The summed E-state index contributed by atoms with van der Waals surface area (Å²) < 4.78 is 26.7. The van der Waals surface area contributed by atoms with E-state index in [9.17, 15) is 18.0 Å². The molecular formula is C24H26ClN7O4S2. The highest BCUT2D eigenvalue weighted by molar-refractivity contribution is 7.92. The lowest BCUT2D eigenvalue weighted by Gasteiger charge is -2.19. The van der Waals surface area contributed by atoms with E-state index in [1.54, 1.807) is 13.0 Å². The SMILES string of the molecule is CC1=Nc2cc(NCCN(C)C)ccc2CC(=O)N1c1ccc(NC(=O)NS(=O)(=O)c2ccc(Cl)s2)cn1. The number of sulfonamides is 1. The molecule has 0 saturated carbocycles. The molecule has 3 aromatic rings. The number of carbonyl (C=O) groups excluding carboxylic acids is 2. The number of rotatable bonds is 8. The van der Waals surface area contributed by atoms with E-state index in [-0.39, 0.29) is 26.6 Å². The van der Waals surface area contributed by atoms with E-state index in [0.29, 0.717) is 17.3 Å². The minimum Gasteiger partial charge on any atom is -0.384 e. The van der Waals surface area contributed by atoms with Crippen molar-refractivity contribution >= 4 is 73.6 Å². The third kappa shape index (κ3) is 6.67. The molecule has 11 nitrogen and oxygen atoms in total. The van der Waals surface area contributed by atoms with Crippen LogP contribution in [-0.2, 0) is 21.2 Å². The number of hydrogen-bond donors (Lipinski definition) is 3. The molecule has 0 atom stereocenters. The van der Waals surface area contributed by atoms with Crippen LogP contribution in [-0.4, -0.2) is 63.3 Å². The highest BCUT2D eigenvalue weighted by Crippen LogP contribution is 2.30. The van der Waals surface area contributed by atoms with Crippen LogP contribution in [0.3, 0.4) is 0 Å². The van der Waals surface area contributed by atoms with Gasteiger partial charge in [-0.25, -0.2) is 27.9 Å². The number of aliphatic imine (C=N–C) groups is 1. The number of amidine groups is 1. The van der Waals surface area contributed by atoms with Gasteiger partial charge in [-0.05, 0) is 63.0 Å². The molecule has 3 amide bonds. The van der Waals surface area contributed by atoms with Crippen LogP contribution in [0.25, 0.3) is 0 Å². The number of nitrogens with one attached hydrogen (secondary N) is 3. The van der Waals surface area contributed by atoms with Gasteiger partial charge in [0.1, 0.15) is 15.9 Å². The number of anilines is 3. The maximum absolute atomic E-state index is 13.1. The van der Waals surface area contributed by atoms with Crippen LogP contribution in [0.5, 0.6) is 0 Å². The van der Waals surface area contributed by atoms with Crippen molar-refractivity contribution in [3.8, 4) is 0 Å². The van der Waals surface area contributed by atoms with Crippen molar-refractivity contribution in [1.82, 2.24) is 14.6 Å². The van der Waals surface area contributed by atoms with Gasteiger partial charge >= 0.3 is 6.03 Å². The third-order valence-corrected chi connectivity index (χ3v) is 8.50. The molecule has 2 aromatic heterocycles. The molecule has 0 fully saturated rings. The lowest BCUT2D eigenvalue weighted by atomic mass is 10.1. The Hall–Kier alpha value is -3.52. The summed E-state index contributed by atoms with van der Waals surface area (Å²) >= 11 is 6.61. The highest BCUT2D eigenvalue weighted by Gasteiger charge is 2.25. The maximum Gasteiger partial charge on any atom is 0.333 e. The van der Waals surface area contributed by atoms with Crippen LogP contribution in [0.1, 0.15) is 12.5 Å². The van der Waals surface area contributed by atoms with Gasteiger partial charge in [0.05, 0.1) is 28.3 Å². The molecule has 1 aromatic carbocycles.